The average Bonchev–Trinajstić information content (AvgIpc) is 2.04. The molecule has 0 saturated heterocycles. The van der Waals surface area contributed by atoms with Crippen LogP contribution in [0.1, 0.15) is 11.1 Å². The Morgan fingerprint density at radius 2 is 1.56 bits per heavy atom. The Morgan fingerprint density at radius 1 is 1.00 bits per heavy atom. The molecule has 90 valence electrons. The van der Waals surface area contributed by atoms with Crippen LogP contribution < -0.4 is 4.74 Å². The zero-order chi connectivity index (χ0) is 12.6. The third-order valence-electron chi connectivity index (χ3n) is 1.82. The van der Waals surface area contributed by atoms with Gasteiger partial charge in [0.05, 0.1) is 5.56 Å². The van der Waals surface area contributed by atoms with Gasteiger partial charge in [0.25, 0.3) is 0 Å². The van der Waals surface area contributed by atoms with Crippen molar-refractivity contribution < 1.29 is 31.1 Å². The van der Waals surface area contributed by atoms with Crippen LogP contribution in [0.2, 0.25) is 0 Å². The molecule has 7 heteroatoms. The molecular formula is C9H6F6O. The minimum atomic E-state index is -5.00. The minimum Gasteiger partial charge on any atom is -0.405 e. The fourth-order valence-corrected chi connectivity index (χ4v) is 1.16. The van der Waals surface area contributed by atoms with Crippen molar-refractivity contribution in [2.45, 2.75) is 19.5 Å². The largest absolute Gasteiger partial charge is 0.573 e. The Labute approximate surface area is 86.6 Å². The van der Waals surface area contributed by atoms with Crippen LogP contribution in [0.3, 0.4) is 0 Å². The van der Waals surface area contributed by atoms with Crippen molar-refractivity contribution in [2.75, 3.05) is 0 Å². The molecule has 0 atom stereocenters. The molecule has 0 spiro atoms. The fraction of sp³-hybridized carbons (Fsp3) is 0.333. The van der Waals surface area contributed by atoms with E-state index in [9.17, 15) is 26.3 Å². The summed E-state index contributed by atoms with van der Waals surface area (Å²) in [5.41, 5.74) is -1.73. The molecule has 0 aliphatic rings. The van der Waals surface area contributed by atoms with Crippen LogP contribution in [-0.2, 0) is 6.18 Å². The molecule has 1 aromatic rings. The second-order valence-electron chi connectivity index (χ2n) is 2.97. The molecule has 1 nitrogen and oxygen atoms in total. The van der Waals surface area contributed by atoms with Crippen molar-refractivity contribution >= 4 is 0 Å². The SMILES string of the molecule is Cc1c(OC(F)(F)F)cccc1C(F)(F)F. The van der Waals surface area contributed by atoms with Crippen LogP contribution >= 0.6 is 0 Å². The van der Waals surface area contributed by atoms with Gasteiger partial charge in [-0.05, 0) is 19.1 Å². The zero-order valence-electron chi connectivity index (χ0n) is 7.91. The first-order valence-corrected chi connectivity index (χ1v) is 4.04. The van der Waals surface area contributed by atoms with Gasteiger partial charge >= 0.3 is 12.5 Å². The first kappa shape index (κ1) is 12.7. The number of benzene rings is 1. The summed E-state index contributed by atoms with van der Waals surface area (Å²) in [6.07, 6.45) is -9.70. The Morgan fingerprint density at radius 3 is 2.00 bits per heavy atom. The Bertz CT molecular complexity index is 379. The molecule has 0 bridgehead atoms. The molecular weight excluding hydrogens is 238 g/mol. The molecule has 0 unspecified atom stereocenters. The normalized spacial score (nSPS) is 12.7. The summed E-state index contributed by atoms with van der Waals surface area (Å²) in [5, 5.41) is 0. The summed E-state index contributed by atoms with van der Waals surface area (Å²) < 4.78 is 76.0. The number of hydrogen-bond donors (Lipinski definition) is 0. The van der Waals surface area contributed by atoms with Crippen molar-refractivity contribution in [2.24, 2.45) is 0 Å². The van der Waals surface area contributed by atoms with Crippen molar-refractivity contribution in [3.05, 3.63) is 29.3 Å². The predicted molar refractivity (Wildman–Crippen MR) is 42.9 cm³/mol. The quantitative estimate of drug-likeness (QED) is 0.680. The average molecular weight is 244 g/mol. The van der Waals surface area contributed by atoms with Gasteiger partial charge in [-0.1, -0.05) is 6.07 Å². The summed E-state index contributed by atoms with van der Waals surface area (Å²) in [6.45, 7) is 0.921. The molecule has 16 heavy (non-hydrogen) atoms. The highest BCUT2D eigenvalue weighted by Gasteiger charge is 2.36. The third kappa shape index (κ3) is 3.04. The van der Waals surface area contributed by atoms with Crippen molar-refractivity contribution in [1.82, 2.24) is 0 Å². The molecule has 0 amide bonds. The molecule has 0 heterocycles. The second-order valence-corrected chi connectivity index (χ2v) is 2.97. The van der Waals surface area contributed by atoms with Gasteiger partial charge in [0.15, 0.2) is 0 Å². The van der Waals surface area contributed by atoms with E-state index in [1.54, 1.807) is 0 Å². The molecule has 0 aliphatic carbocycles. The van der Waals surface area contributed by atoms with Gasteiger partial charge < -0.3 is 4.74 Å². The van der Waals surface area contributed by atoms with E-state index in [1.807, 2.05) is 0 Å². The number of halogens is 6. The van der Waals surface area contributed by atoms with Crippen molar-refractivity contribution in [3.63, 3.8) is 0 Å². The van der Waals surface area contributed by atoms with Gasteiger partial charge in [0.1, 0.15) is 5.75 Å². The second kappa shape index (κ2) is 3.88. The van der Waals surface area contributed by atoms with Gasteiger partial charge in [-0.25, -0.2) is 0 Å². The van der Waals surface area contributed by atoms with Crippen LogP contribution in [0.5, 0.6) is 5.75 Å². The van der Waals surface area contributed by atoms with E-state index in [2.05, 4.69) is 4.74 Å². The van der Waals surface area contributed by atoms with E-state index in [-0.39, 0.29) is 0 Å². The van der Waals surface area contributed by atoms with E-state index in [0.717, 1.165) is 19.1 Å². The van der Waals surface area contributed by atoms with E-state index >= 15 is 0 Å². The Kier molecular flexibility index (Phi) is 3.07. The molecule has 1 rings (SSSR count). The van der Waals surface area contributed by atoms with E-state index < -0.39 is 29.4 Å². The summed E-state index contributed by atoms with van der Waals surface area (Å²) in [5.74, 6) is -0.845. The monoisotopic (exact) mass is 244 g/mol. The van der Waals surface area contributed by atoms with Gasteiger partial charge in [-0.15, -0.1) is 13.2 Å². The first-order chi connectivity index (χ1) is 7.11. The number of hydrogen-bond acceptors (Lipinski definition) is 1. The predicted octanol–water partition coefficient (Wildman–Crippen LogP) is 3.91. The van der Waals surface area contributed by atoms with Gasteiger partial charge in [-0.2, -0.15) is 13.2 Å². The maximum atomic E-state index is 12.3. The summed E-state index contributed by atoms with van der Waals surface area (Å²) in [7, 11) is 0. The molecule has 0 radical (unpaired) electrons. The third-order valence-corrected chi connectivity index (χ3v) is 1.82. The zero-order valence-corrected chi connectivity index (χ0v) is 7.91. The molecule has 0 saturated carbocycles. The van der Waals surface area contributed by atoms with Crippen molar-refractivity contribution in [1.29, 1.82) is 0 Å². The fourth-order valence-electron chi connectivity index (χ4n) is 1.16. The van der Waals surface area contributed by atoms with Crippen LogP contribution in [-0.4, -0.2) is 6.36 Å². The highest BCUT2D eigenvalue weighted by molar-refractivity contribution is 5.40. The van der Waals surface area contributed by atoms with Crippen LogP contribution in [0.4, 0.5) is 26.3 Å². The number of ether oxygens (including phenoxy) is 1. The molecule has 0 N–H and O–H groups in total. The van der Waals surface area contributed by atoms with Crippen LogP contribution in [0.25, 0.3) is 0 Å². The molecule has 1 aromatic carbocycles. The molecule has 0 aromatic heterocycles. The first-order valence-electron chi connectivity index (χ1n) is 4.04. The lowest BCUT2D eigenvalue weighted by molar-refractivity contribution is -0.275. The van der Waals surface area contributed by atoms with Gasteiger partial charge in [0.2, 0.25) is 0 Å². The smallest absolute Gasteiger partial charge is 0.405 e. The molecule has 0 aliphatic heterocycles. The highest BCUT2D eigenvalue weighted by Crippen LogP contribution is 2.36. The summed E-state index contributed by atoms with van der Waals surface area (Å²) in [4.78, 5) is 0. The van der Waals surface area contributed by atoms with Crippen LogP contribution in [0.15, 0.2) is 18.2 Å². The Hall–Kier alpha value is -1.40. The van der Waals surface area contributed by atoms with E-state index in [0.29, 0.717) is 6.07 Å². The van der Waals surface area contributed by atoms with Gasteiger partial charge in [-0.3, -0.25) is 0 Å². The van der Waals surface area contributed by atoms with E-state index in [1.165, 1.54) is 0 Å². The number of rotatable bonds is 1. The standard InChI is InChI=1S/C9H6F6O/c1-5-6(8(10,11)12)3-2-4-7(5)16-9(13,14)15/h2-4H,1H3. The maximum Gasteiger partial charge on any atom is 0.573 e. The highest BCUT2D eigenvalue weighted by atomic mass is 19.4. The van der Waals surface area contributed by atoms with E-state index in [4.69, 9.17) is 0 Å². The summed E-state index contributed by atoms with van der Waals surface area (Å²) in [6, 6.07) is 2.38. The lowest BCUT2D eigenvalue weighted by Crippen LogP contribution is -2.19. The maximum absolute atomic E-state index is 12.3. The summed E-state index contributed by atoms with van der Waals surface area (Å²) >= 11 is 0. The van der Waals surface area contributed by atoms with Crippen LogP contribution in [0, 0.1) is 6.92 Å². The minimum absolute atomic E-state index is 0.590. The number of alkyl halides is 6. The lowest BCUT2D eigenvalue weighted by Gasteiger charge is -2.15. The van der Waals surface area contributed by atoms with Gasteiger partial charge in [0, 0.05) is 5.56 Å². The lowest BCUT2D eigenvalue weighted by atomic mass is 10.1. The van der Waals surface area contributed by atoms with Crippen molar-refractivity contribution in [3.8, 4) is 5.75 Å². The molecule has 0 fully saturated rings. The Balaban J connectivity index is 3.15. The topological polar surface area (TPSA) is 9.23 Å².